The maximum Gasteiger partial charge on any atom is 0.390 e. The third kappa shape index (κ3) is 2.00. The number of hydrogen-bond donors (Lipinski definition) is 1. The molecule has 0 aliphatic heterocycles. The molecule has 9 heteroatoms. The van der Waals surface area contributed by atoms with E-state index in [1.807, 2.05) is 0 Å². The molecular formula is C9H7N5O4. The Labute approximate surface area is 99.9 Å². The summed E-state index contributed by atoms with van der Waals surface area (Å²) in [7, 11) is 0. The first-order valence-corrected chi connectivity index (χ1v) is 4.76. The topological polar surface area (TPSA) is 124 Å². The summed E-state index contributed by atoms with van der Waals surface area (Å²) in [6, 6.07) is 1.28. The van der Waals surface area contributed by atoms with E-state index in [0.717, 1.165) is 6.20 Å². The van der Waals surface area contributed by atoms with Crippen molar-refractivity contribution in [3.05, 3.63) is 40.0 Å². The fraction of sp³-hybridized carbons (Fsp3) is 0.111. The first-order valence-electron chi connectivity index (χ1n) is 4.76. The predicted octanol–water partition coefficient (Wildman–Crippen LogP) is 0.577. The summed E-state index contributed by atoms with van der Waals surface area (Å²) in [6.07, 6.45) is 2.25. The van der Waals surface area contributed by atoms with E-state index in [2.05, 4.69) is 15.1 Å². The van der Waals surface area contributed by atoms with Gasteiger partial charge in [0.1, 0.15) is 0 Å². The van der Waals surface area contributed by atoms with Gasteiger partial charge in [-0.15, -0.1) is 4.68 Å². The normalized spacial score (nSPS) is 10.3. The molecule has 2 heterocycles. The van der Waals surface area contributed by atoms with Crippen LogP contribution in [0.4, 0.5) is 5.82 Å². The monoisotopic (exact) mass is 249 g/mol. The van der Waals surface area contributed by atoms with Crippen LogP contribution in [0.5, 0.6) is 0 Å². The van der Waals surface area contributed by atoms with Gasteiger partial charge in [-0.05, 0) is 11.8 Å². The van der Waals surface area contributed by atoms with Crippen molar-refractivity contribution >= 4 is 11.8 Å². The van der Waals surface area contributed by atoms with E-state index in [1.54, 1.807) is 6.92 Å². The van der Waals surface area contributed by atoms with Crippen LogP contribution in [0.15, 0.2) is 18.5 Å². The van der Waals surface area contributed by atoms with Gasteiger partial charge in [-0.25, -0.2) is 14.8 Å². The molecule has 0 unspecified atom stereocenters. The lowest BCUT2D eigenvalue weighted by Gasteiger charge is -1.98. The van der Waals surface area contributed by atoms with Gasteiger partial charge in [-0.2, -0.15) is 0 Å². The zero-order chi connectivity index (χ0) is 13.3. The fourth-order valence-electron chi connectivity index (χ4n) is 1.32. The quantitative estimate of drug-likeness (QED) is 0.622. The van der Waals surface area contributed by atoms with E-state index >= 15 is 0 Å². The van der Waals surface area contributed by atoms with Crippen LogP contribution >= 0.6 is 0 Å². The maximum absolute atomic E-state index is 10.6. The Kier molecular flexibility index (Phi) is 2.72. The second-order valence-electron chi connectivity index (χ2n) is 3.38. The molecule has 9 nitrogen and oxygen atoms in total. The standard InChI is InChI=1S/C9H7N5O4/c1-5-2-7(14(17)18)12-13(5)8-4-10-6(3-11-8)9(15)16/h2-4H,1H3,(H,15,16). The molecular weight excluding hydrogens is 242 g/mol. The number of aryl methyl sites for hydroxylation is 1. The maximum atomic E-state index is 10.6. The van der Waals surface area contributed by atoms with Gasteiger partial charge in [0.05, 0.1) is 29.3 Å². The summed E-state index contributed by atoms with van der Waals surface area (Å²) in [5, 5.41) is 22.9. The number of aromatic nitrogens is 4. The zero-order valence-corrected chi connectivity index (χ0v) is 9.14. The number of carbonyl (C=O) groups is 1. The Hall–Kier alpha value is -2.84. The minimum Gasteiger partial charge on any atom is -0.476 e. The SMILES string of the molecule is Cc1cc([N+](=O)[O-])nn1-c1cnc(C(=O)O)cn1. The summed E-state index contributed by atoms with van der Waals surface area (Å²) in [5.74, 6) is -1.29. The van der Waals surface area contributed by atoms with Crippen molar-refractivity contribution in [2.75, 3.05) is 0 Å². The van der Waals surface area contributed by atoms with Crippen molar-refractivity contribution in [1.29, 1.82) is 0 Å². The van der Waals surface area contributed by atoms with E-state index in [-0.39, 0.29) is 17.3 Å². The van der Waals surface area contributed by atoms with Crippen LogP contribution in [-0.2, 0) is 0 Å². The molecule has 2 rings (SSSR count). The number of carboxylic acid groups (broad SMARTS) is 1. The van der Waals surface area contributed by atoms with Gasteiger partial charge >= 0.3 is 11.8 Å². The van der Waals surface area contributed by atoms with Crippen LogP contribution in [0.1, 0.15) is 16.2 Å². The van der Waals surface area contributed by atoms with Gasteiger partial charge in [0.15, 0.2) is 11.5 Å². The van der Waals surface area contributed by atoms with Gasteiger partial charge in [-0.1, -0.05) is 0 Å². The summed E-state index contributed by atoms with van der Waals surface area (Å²) in [4.78, 5) is 28.0. The minimum absolute atomic E-state index is 0.210. The predicted molar refractivity (Wildman–Crippen MR) is 57.5 cm³/mol. The number of hydrogen-bond acceptors (Lipinski definition) is 6. The molecule has 0 atom stereocenters. The molecule has 0 bridgehead atoms. The summed E-state index contributed by atoms with van der Waals surface area (Å²) < 4.78 is 1.22. The Bertz CT molecular complexity index is 618. The molecule has 2 aromatic heterocycles. The van der Waals surface area contributed by atoms with E-state index in [4.69, 9.17) is 5.11 Å². The summed E-state index contributed by atoms with van der Waals surface area (Å²) in [6.45, 7) is 1.62. The molecule has 0 saturated heterocycles. The average Bonchev–Trinajstić information content (AvgIpc) is 2.71. The van der Waals surface area contributed by atoms with E-state index in [0.29, 0.717) is 5.69 Å². The Morgan fingerprint density at radius 2 is 2.17 bits per heavy atom. The van der Waals surface area contributed by atoms with Crippen LogP contribution < -0.4 is 0 Å². The van der Waals surface area contributed by atoms with Crippen molar-refractivity contribution in [2.24, 2.45) is 0 Å². The van der Waals surface area contributed by atoms with Crippen LogP contribution in [-0.4, -0.2) is 35.7 Å². The van der Waals surface area contributed by atoms with Crippen molar-refractivity contribution < 1.29 is 14.8 Å². The molecule has 0 amide bonds. The molecule has 0 aromatic carbocycles. The lowest BCUT2D eigenvalue weighted by Crippen LogP contribution is -2.06. The van der Waals surface area contributed by atoms with Gasteiger partial charge in [0.2, 0.25) is 0 Å². The molecule has 0 spiro atoms. The molecule has 0 saturated carbocycles. The lowest BCUT2D eigenvalue weighted by atomic mass is 10.4. The lowest BCUT2D eigenvalue weighted by molar-refractivity contribution is -0.389. The van der Waals surface area contributed by atoms with Crippen LogP contribution in [0.3, 0.4) is 0 Å². The Morgan fingerprint density at radius 1 is 1.44 bits per heavy atom. The van der Waals surface area contributed by atoms with E-state index in [9.17, 15) is 14.9 Å². The van der Waals surface area contributed by atoms with Crippen LogP contribution in [0.25, 0.3) is 5.82 Å². The van der Waals surface area contributed by atoms with Gasteiger partial charge in [-0.3, -0.25) is 0 Å². The number of nitro groups is 1. The summed E-state index contributed by atoms with van der Waals surface area (Å²) >= 11 is 0. The highest BCUT2D eigenvalue weighted by atomic mass is 16.6. The molecule has 0 aliphatic carbocycles. The van der Waals surface area contributed by atoms with Crippen LogP contribution in [0, 0.1) is 17.0 Å². The fourth-order valence-corrected chi connectivity index (χ4v) is 1.32. The summed E-state index contributed by atoms with van der Waals surface area (Å²) in [5.41, 5.74) is 0.289. The molecule has 92 valence electrons. The highest BCUT2D eigenvalue weighted by Crippen LogP contribution is 2.14. The molecule has 0 fully saturated rings. The van der Waals surface area contributed by atoms with Crippen molar-refractivity contribution in [3.8, 4) is 5.82 Å². The van der Waals surface area contributed by atoms with Crippen molar-refractivity contribution in [3.63, 3.8) is 0 Å². The zero-order valence-electron chi connectivity index (χ0n) is 9.14. The van der Waals surface area contributed by atoms with Crippen molar-refractivity contribution in [1.82, 2.24) is 19.7 Å². The van der Waals surface area contributed by atoms with Crippen LogP contribution in [0.2, 0.25) is 0 Å². The highest BCUT2D eigenvalue weighted by molar-refractivity contribution is 5.84. The first-order chi connectivity index (χ1) is 8.49. The molecule has 18 heavy (non-hydrogen) atoms. The number of nitrogens with zero attached hydrogens (tertiary/aromatic N) is 5. The van der Waals surface area contributed by atoms with E-state index < -0.39 is 10.9 Å². The smallest absolute Gasteiger partial charge is 0.390 e. The van der Waals surface area contributed by atoms with E-state index in [1.165, 1.54) is 16.9 Å². The number of aromatic carboxylic acids is 1. The second-order valence-corrected chi connectivity index (χ2v) is 3.38. The number of carboxylic acids is 1. The largest absolute Gasteiger partial charge is 0.476 e. The Morgan fingerprint density at radius 3 is 2.61 bits per heavy atom. The molecule has 1 N–H and O–H groups in total. The third-order valence-corrected chi connectivity index (χ3v) is 2.14. The first kappa shape index (κ1) is 11.6. The Balaban J connectivity index is 2.42. The molecule has 0 radical (unpaired) electrons. The molecule has 2 aromatic rings. The van der Waals surface area contributed by atoms with Gasteiger partial charge in [0.25, 0.3) is 0 Å². The van der Waals surface area contributed by atoms with Gasteiger partial charge < -0.3 is 15.2 Å². The van der Waals surface area contributed by atoms with Gasteiger partial charge in [0, 0.05) is 0 Å². The highest BCUT2D eigenvalue weighted by Gasteiger charge is 2.18. The number of rotatable bonds is 3. The average molecular weight is 249 g/mol. The van der Waals surface area contributed by atoms with Crippen molar-refractivity contribution in [2.45, 2.75) is 6.92 Å². The third-order valence-electron chi connectivity index (χ3n) is 2.14. The minimum atomic E-state index is -1.20. The second kappa shape index (κ2) is 4.20. The molecule has 0 aliphatic rings.